The fourth-order valence-corrected chi connectivity index (χ4v) is 4.27. The predicted octanol–water partition coefficient (Wildman–Crippen LogP) is 4.90. The van der Waals surface area contributed by atoms with E-state index in [1.54, 1.807) is 13.2 Å². The first kappa shape index (κ1) is 22.0. The van der Waals surface area contributed by atoms with Crippen molar-refractivity contribution in [2.75, 3.05) is 33.4 Å². The van der Waals surface area contributed by atoms with Crippen LogP contribution in [0.25, 0.3) is 11.2 Å². The highest BCUT2D eigenvalue weighted by Crippen LogP contribution is 2.36. The Hall–Kier alpha value is -3.25. The number of para-hydroxylation sites is 1. The molecule has 0 aliphatic carbocycles. The van der Waals surface area contributed by atoms with Gasteiger partial charge < -0.3 is 23.5 Å². The molecule has 0 saturated carbocycles. The number of carbonyl (C=O) groups excluding carboxylic acids is 1. The fraction of sp³-hybridized carbons (Fsp3) is 0.346. The number of nitrogens with zero attached hydrogens (tertiary/aromatic N) is 2. The molecular formula is C26H30N2O4. The monoisotopic (exact) mass is 434 g/mol. The molecule has 0 amide bonds. The van der Waals surface area contributed by atoms with Crippen LogP contribution in [-0.2, 0) is 4.74 Å². The number of benzene rings is 1. The number of aromatic nitrogens is 1. The average molecular weight is 435 g/mol. The molecule has 1 aliphatic heterocycles. The van der Waals surface area contributed by atoms with Crippen molar-refractivity contribution in [1.82, 2.24) is 9.30 Å². The molecule has 1 saturated heterocycles. The molecule has 1 aliphatic rings. The van der Waals surface area contributed by atoms with E-state index in [-0.39, 0.29) is 5.92 Å². The maximum Gasteiger partial charge on any atom is 0.344 e. The molecule has 4 rings (SSSR count). The number of pyridine rings is 1. The summed E-state index contributed by atoms with van der Waals surface area (Å²) in [5, 5.41) is 0. The molecule has 1 aromatic carbocycles. The second kappa shape index (κ2) is 9.09. The molecule has 6 nitrogen and oxygen atoms in total. The van der Waals surface area contributed by atoms with Gasteiger partial charge in [-0.3, -0.25) is 0 Å². The highest BCUT2D eigenvalue weighted by molar-refractivity contribution is 5.95. The Kier molecular flexibility index (Phi) is 6.24. The van der Waals surface area contributed by atoms with Crippen molar-refractivity contribution in [1.29, 1.82) is 0 Å². The molecular weight excluding hydrogens is 404 g/mol. The summed E-state index contributed by atoms with van der Waals surface area (Å²) in [5.74, 6) is 0.842. The summed E-state index contributed by atoms with van der Waals surface area (Å²) in [6.45, 7) is 13.3. The fourth-order valence-electron chi connectivity index (χ4n) is 4.27. The summed E-state index contributed by atoms with van der Waals surface area (Å²) in [5.41, 5.74) is 5.03. The van der Waals surface area contributed by atoms with Gasteiger partial charge in [0.15, 0.2) is 11.5 Å². The second-order valence-corrected chi connectivity index (χ2v) is 8.30. The average Bonchev–Trinajstić information content (AvgIpc) is 3.26. The van der Waals surface area contributed by atoms with Gasteiger partial charge in [-0.15, -0.1) is 0 Å². The van der Waals surface area contributed by atoms with Crippen LogP contribution in [0.2, 0.25) is 0 Å². The van der Waals surface area contributed by atoms with Crippen molar-refractivity contribution in [2.45, 2.75) is 26.7 Å². The molecule has 1 fully saturated rings. The first-order chi connectivity index (χ1) is 15.4. The van der Waals surface area contributed by atoms with E-state index in [1.807, 2.05) is 43.5 Å². The van der Waals surface area contributed by atoms with E-state index in [4.69, 9.17) is 14.2 Å². The van der Waals surface area contributed by atoms with Crippen LogP contribution in [0.15, 0.2) is 49.2 Å². The predicted molar refractivity (Wildman–Crippen MR) is 126 cm³/mol. The summed E-state index contributed by atoms with van der Waals surface area (Å²) in [7, 11) is 1.60. The number of hydrogen-bond acceptors (Lipinski definition) is 5. The Morgan fingerprint density at radius 1 is 1.16 bits per heavy atom. The second-order valence-electron chi connectivity index (χ2n) is 8.30. The Morgan fingerprint density at radius 3 is 2.59 bits per heavy atom. The zero-order valence-corrected chi connectivity index (χ0v) is 19.2. The van der Waals surface area contributed by atoms with Crippen LogP contribution in [0.4, 0.5) is 0 Å². The van der Waals surface area contributed by atoms with Crippen LogP contribution >= 0.6 is 0 Å². The lowest BCUT2D eigenvalue weighted by atomic mass is 10.0. The number of hydrogen-bond donors (Lipinski definition) is 0. The standard InChI is InChI=1S/C26H30N2O4/c1-17(2)21-9-6-10-23(25(21)30-5)32-26(29)22-16-20-8-7-11-28(20)24(18(22)3)19(4)27-12-14-31-15-13-27/h6-11,16-17H,4,12-15H2,1-3,5H3. The van der Waals surface area contributed by atoms with E-state index in [0.29, 0.717) is 30.3 Å². The smallest absolute Gasteiger partial charge is 0.344 e. The van der Waals surface area contributed by atoms with E-state index >= 15 is 0 Å². The Bertz CT molecular complexity index is 1160. The van der Waals surface area contributed by atoms with Crippen molar-refractivity contribution in [2.24, 2.45) is 0 Å². The number of rotatable bonds is 6. The molecule has 0 unspecified atom stereocenters. The van der Waals surface area contributed by atoms with Gasteiger partial charge in [0, 0.05) is 30.4 Å². The maximum atomic E-state index is 13.4. The number of esters is 1. The topological polar surface area (TPSA) is 52.4 Å². The quantitative estimate of drug-likeness (QED) is 0.408. The summed E-state index contributed by atoms with van der Waals surface area (Å²) < 4.78 is 19.0. The van der Waals surface area contributed by atoms with Crippen LogP contribution in [0.5, 0.6) is 11.5 Å². The van der Waals surface area contributed by atoms with E-state index in [2.05, 4.69) is 29.7 Å². The largest absolute Gasteiger partial charge is 0.493 e. The first-order valence-corrected chi connectivity index (χ1v) is 10.9. The molecule has 0 radical (unpaired) electrons. The number of carbonyl (C=O) groups is 1. The normalized spacial score (nSPS) is 14.1. The molecule has 2 aromatic heterocycles. The minimum Gasteiger partial charge on any atom is -0.493 e. The molecule has 0 N–H and O–H groups in total. The third-order valence-corrected chi connectivity index (χ3v) is 6.00. The third-order valence-electron chi connectivity index (χ3n) is 6.00. The van der Waals surface area contributed by atoms with Crippen LogP contribution in [0.3, 0.4) is 0 Å². The van der Waals surface area contributed by atoms with Crippen LogP contribution in [0.1, 0.15) is 46.9 Å². The molecule has 32 heavy (non-hydrogen) atoms. The number of fused-ring (bicyclic) bond motifs is 1. The first-order valence-electron chi connectivity index (χ1n) is 10.9. The number of methoxy groups -OCH3 is 1. The molecule has 3 aromatic rings. The van der Waals surface area contributed by atoms with Gasteiger partial charge in [0.25, 0.3) is 0 Å². The molecule has 6 heteroatoms. The van der Waals surface area contributed by atoms with Crippen molar-refractivity contribution in [3.8, 4) is 11.5 Å². The lowest BCUT2D eigenvalue weighted by Crippen LogP contribution is -2.35. The van der Waals surface area contributed by atoms with Crippen molar-refractivity contribution >= 4 is 17.2 Å². The van der Waals surface area contributed by atoms with Gasteiger partial charge in [-0.2, -0.15) is 0 Å². The zero-order chi connectivity index (χ0) is 22.8. The van der Waals surface area contributed by atoms with Gasteiger partial charge in [0.1, 0.15) is 0 Å². The van der Waals surface area contributed by atoms with Gasteiger partial charge in [0.05, 0.1) is 37.3 Å². The summed E-state index contributed by atoms with van der Waals surface area (Å²) in [6, 6.07) is 11.5. The van der Waals surface area contributed by atoms with Gasteiger partial charge in [-0.05, 0) is 42.7 Å². The van der Waals surface area contributed by atoms with Crippen molar-refractivity contribution in [3.05, 3.63) is 71.6 Å². The van der Waals surface area contributed by atoms with Gasteiger partial charge in [-0.25, -0.2) is 4.79 Å². The summed E-state index contributed by atoms with van der Waals surface area (Å²) >= 11 is 0. The zero-order valence-electron chi connectivity index (χ0n) is 19.2. The van der Waals surface area contributed by atoms with E-state index in [1.165, 1.54) is 0 Å². The maximum absolute atomic E-state index is 13.4. The lowest BCUT2D eigenvalue weighted by Gasteiger charge is -2.31. The van der Waals surface area contributed by atoms with Crippen molar-refractivity contribution in [3.63, 3.8) is 0 Å². The van der Waals surface area contributed by atoms with Crippen LogP contribution in [0, 0.1) is 6.92 Å². The Labute approximate surface area is 189 Å². The van der Waals surface area contributed by atoms with Gasteiger partial charge in [0.2, 0.25) is 0 Å². The van der Waals surface area contributed by atoms with E-state index in [9.17, 15) is 4.79 Å². The highest BCUT2D eigenvalue weighted by Gasteiger charge is 2.24. The van der Waals surface area contributed by atoms with E-state index < -0.39 is 5.97 Å². The third kappa shape index (κ3) is 3.98. The Morgan fingerprint density at radius 2 is 1.91 bits per heavy atom. The van der Waals surface area contributed by atoms with Crippen LogP contribution in [-0.4, -0.2) is 48.7 Å². The molecule has 0 bridgehead atoms. The summed E-state index contributed by atoms with van der Waals surface area (Å²) in [6.07, 6.45) is 1.99. The minimum atomic E-state index is -0.415. The number of ether oxygens (including phenoxy) is 3. The minimum absolute atomic E-state index is 0.242. The van der Waals surface area contributed by atoms with Gasteiger partial charge in [-0.1, -0.05) is 32.6 Å². The lowest BCUT2D eigenvalue weighted by molar-refractivity contribution is 0.0638. The number of morpholine rings is 1. The van der Waals surface area contributed by atoms with Gasteiger partial charge >= 0.3 is 5.97 Å². The molecule has 0 spiro atoms. The Balaban J connectivity index is 1.74. The SMILES string of the molecule is C=C(c1c(C)c(C(=O)Oc2cccc(C(C)C)c2OC)cc2cccn12)N1CCOCC1. The molecule has 0 atom stereocenters. The molecule has 168 valence electrons. The summed E-state index contributed by atoms with van der Waals surface area (Å²) in [4.78, 5) is 15.6. The van der Waals surface area contributed by atoms with Crippen LogP contribution < -0.4 is 9.47 Å². The highest BCUT2D eigenvalue weighted by atomic mass is 16.6. The van der Waals surface area contributed by atoms with E-state index in [0.717, 1.165) is 41.1 Å². The van der Waals surface area contributed by atoms with Crippen molar-refractivity contribution < 1.29 is 19.0 Å². The molecule has 3 heterocycles.